The highest BCUT2D eigenvalue weighted by Crippen LogP contribution is 2.14. The van der Waals surface area contributed by atoms with Gasteiger partial charge in [0.2, 0.25) is 0 Å². The first kappa shape index (κ1) is 16.5. The number of aliphatic imine (C=N–C) groups is 1. The maximum atomic E-state index is 5.64. The van der Waals surface area contributed by atoms with E-state index < -0.39 is 0 Å². The van der Waals surface area contributed by atoms with Crippen LogP contribution in [0.5, 0.6) is 0 Å². The van der Waals surface area contributed by atoms with Crippen LogP contribution in [0.3, 0.4) is 0 Å². The Bertz CT molecular complexity index is 581. The van der Waals surface area contributed by atoms with E-state index in [0.717, 1.165) is 19.0 Å². The van der Waals surface area contributed by atoms with Gasteiger partial charge in [0.15, 0.2) is 5.96 Å². The first-order valence-electron chi connectivity index (χ1n) is 7.39. The summed E-state index contributed by atoms with van der Waals surface area (Å²) < 4.78 is 5.64. The molecule has 0 bridgehead atoms. The van der Waals surface area contributed by atoms with Crippen molar-refractivity contribution in [3.63, 3.8) is 0 Å². The fourth-order valence-electron chi connectivity index (χ4n) is 1.98. The van der Waals surface area contributed by atoms with E-state index in [9.17, 15) is 0 Å². The van der Waals surface area contributed by atoms with Crippen LogP contribution in [-0.4, -0.2) is 26.2 Å². The Morgan fingerprint density at radius 1 is 1.14 bits per heavy atom. The van der Waals surface area contributed by atoms with Gasteiger partial charge in [-0.2, -0.15) is 0 Å². The maximum absolute atomic E-state index is 5.64. The Morgan fingerprint density at radius 3 is 2.64 bits per heavy atom. The Kier molecular flexibility index (Phi) is 6.93. The lowest BCUT2D eigenvalue weighted by Gasteiger charge is -2.11. The Balaban J connectivity index is 1.60. The highest BCUT2D eigenvalue weighted by atomic mass is 32.1. The van der Waals surface area contributed by atoms with Gasteiger partial charge >= 0.3 is 0 Å². The summed E-state index contributed by atoms with van der Waals surface area (Å²) in [6, 6.07) is 14.5. The molecule has 1 heterocycles. The van der Waals surface area contributed by atoms with Crippen LogP contribution < -0.4 is 10.6 Å². The van der Waals surface area contributed by atoms with Gasteiger partial charge in [0.1, 0.15) is 0 Å². The van der Waals surface area contributed by atoms with Gasteiger partial charge in [0, 0.05) is 23.3 Å². The van der Waals surface area contributed by atoms with Crippen LogP contribution in [0.25, 0.3) is 0 Å². The summed E-state index contributed by atoms with van der Waals surface area (Å²) in [4.78, 5) is 6.84. The van der Waals surface area contributed by atoms with Gasteiger partial charge < -0.3 is 15.4 Å². The molecule has 1 aromatic carbocycles. The van der Waals surface area contributed by atoms with Crippen LogP contribution in [0, 0.1) is 6.92 Å². The smallest absolute Gasteiger partial charge is 0.191 e. The molecule has 0 unspecified atom stereocenters. The number of thiophene rings is 1. The lowest BCUT2D eigenvalue weighted by Crippen LogP contribution is -2.38. The third-order valence-corrected chi connectivity index (χ3v) is 4.10. The number of hydrogen-bond donors (Lipinski definition) is 2. The number of guanidine groups is 1. The van der Waals surface area contributed by atoms with Gasteiger partial charge in [-0.3, -0.25) is 4.99 Å². The molecular weight excluding hydrogens is 294 g/mol. The molecule has 0 amide bonds. The zero-order valence-electron chi connectivity index (χ0n) is 13.1. The van der Waals surface area contributed by atoms with E-state index in [1.54, 1.807) is 18.4 Å². The van der Waals surface area contributed by atoms with Crippen molar-refractivity contribution in [3.8, 4) is 0 Å². The quantitative estimate of drug-likeness (QED) is 0.469. The lowest BCUT2D eigenvalue weighted by molar-refractivity contribution is 0.125. The van der Waals surface area contributed by atoms with Crippen molar-refractivity contribution >= 4 is 17.3 Å². The van der Waals surface area contributed by atoms with Crippen LogP contribution in [0.15, 0.2) is 47.5 Å². The van der Waals surface area contributed by atoms with Gasteiger partial charge in [-0.05, 0) is 24.6 Å². The fourth-order valence-corrected chi connectivity index (χ4v) is 2.81. The Hall–Kier alpha value is -1.85. The minimum atomic E-state index is 0.642. The highest BCUT2D eigenvalue weighted by molar-refractivity contribution is 7.11. The predicted molar refractivity (Wildman–Crippen MR) is 93.4 cm³/mol. The van der Waals surface area contributed by atoms with Crippen molar-refractivity contribution < 1.29 is 4.74 Å². The molecule has 2 aromatic rings. The summed E-state index contributed by atoms with van der Waals surface area (Å²) in [5.74, 6) is 0.800. The van der Waals surface area contributed by atoms with E-state index in [2.05, 4.69) is 46.8 Å². The fraction of sp³-hybridized carbons (Fsp3) is 0.353. The summed E-state index contributed by atoms with van der Waals surface area (Å²) in [6.45, 7) is 4.93. The Labute approximate surface area is 136 Å². The third kappa shape index (κ3) is 5.87. The van der Waals surface area contributed by atoms with Crippen molar-refractivity contribution in [3.05, 3.63) is 57.8 Å². The number of benzene rings is 1. The number of nitrogens with one attached hydrogen (secondary N) is 2. The molecule has 0 aliphatic carbocycles. The molecular formula is C17H23N3OS. The van der Waals surface area contributed by atoms with Crippen LogP contribution in [0.2, 0.25) is 0 Å². The number of ether oxygens (including phenoxy) is 1. The second-order valence-corrected chi connectivity index (χ2v) is 6.28. The van der Waals surface area contributed by atoms with E-state index >= 15 is 0 Å². The average molecular weight is 317 g/mol. The first-order valence-corrected chi connectivity index (χ1v) is 8.21. The van der Waals surface area contributed by atoms with E-state index in [1.807, 2.05) is 18.2 Å². The first-order chi connectivity index (χ1) is 10.8. The topological polar surface area (TPSA) is 45.7 Å². The molecule has 0 fully saturated rings. The van der Waals surface area contributed by atoms with Crippen LogP contribution >= 0.6 is 11.3 Å². The SMILES string of the molecule is CN=C(NCCOCc1ccccc1)NCc1ccc(C)s1. The van der Waals surface area contributed by atoms with Crippen molar-refractivity contribution in [2.24, 2.45) is 4.99 Å². The number of rotatable bonds is 7. The second kappa shape index (κ2) is 9.23. The largest absolute Gasteiger partial charge is 0.375 e. The molecule has 4 nitrogen and oxygen atoms in total. The zero-order valence-corrected chi connectivity index (χ0v) is 14.0. The molecule has 0 saturated carbocycles. The minimum absolute atomic E-state index is 0.642. The molecule has 0 saturated heterocycles. The molecule has 22 heavy (non-hydrogen) atoms. The van der Waals surface area contributed by atoms with Crippen molar-refractivity contribution in [2.75, 3.05) is 20.2 Å². The van der Waals surface area contributed by atoms with Crippen LogP contribution in [0.4, 0.5) is 0 Å². The molecule has 2 rings (SSSR count). The maximum Gasteiger partial charge on any atom is 0.191 e. The summed E-state index contributed by atoms with van der Waals surface area (Å²) in [5, 5.41) is 6.55. The molecule has 0 atom stereocenters. The van der Waals surface area contributed by atoms with E-state index in [1.165, 1.54) is 15.3 Å². The molecule has 0 spiro atoms. The minimum Gasteiger partial charge on any atom is -0.375 e. The lowest BCUT2D eigenvalue weighted by atomic mass is 10.2. The molecule has 0 aliphatic rings. The normalized spacial score (nSPS) is 11.5. The number of aryl methyl sites for hydroxylation is 1. The van der Waals surface area contributed by atoms with Gasteiger partial charge in [0.25, 0.3) is 0 Å². The summed E-state index contributed by atoms with van der Waals surface area (Å²) >= 11 is 1.80. The van der Waals surface area contributed by atoms with E-state index in [0.29, 0.717) is 13.2 Å². The standard InChI is InChI=1S/C17H23N3OS/c1-14-8-9-16(22-14)12-20-17(18-2)19-10-11-21-13-15-6-4-3-5-7-15/h3-9H,10-13H2,1-2H3,(H2,18,19,20). The van der Waals surface area contributed by atoms with Gasteiger partial charge in [-0.25, -0.2) is 0 Å². The molecule has 0 aliphatic heterocycles. The Morgan fingerprint density at radius 2 is 1.95 bits per heavy atom. The molecule has 1 aromatic heterocycles. The second-order valence-electron chi connectivity index (χ2n) is 4.90. The van der Waals surface area contributed by atoms with Crippen LogP contribution in [0.1, 0.15) is 15.3 Å². The van der Waals surface area contributed by atoms with E-state index in [4.69, 9.17) is 4.74 Å². The van der Waals surface area contributed by atoms with Gasteiger partial charge in [0.05, 0.1) is 19.8 Å². The number of nitrogens with zero attached hydrogens (tertiary/aromatic N) is 1. The third-order valence-electron chi connectivity index (χ3n) is 3.10. The summed E-state index contributed by atoms with van der Waals surface area (Å²) in [5.41, 5.74) is 1.19. The van der Waals surface area contributed by atoms with E-state index in [-0.39, 0.29) is 0 Å². The molecule has 5 heteroatoms. The molecule has 0 radical (unpaired) electrons. The van der Waals surface area contributed by atoms with Crippen molar-refractivity contribution in [1.82, 2.24) is 10.6 Å². The highest BCUT2D eigenvalue weighted by Gasteiger charge is 2.00. The average Bonchev–Trinajstić information content (AvgIpc) is 2.96. The molecule has 118 valence electrons. The van der Waals surface area contributed by atoms with Gasteiger partial charge in [-0.15, -0.1) is 11.3 Å². The van der Waals surface area contributed by atoms with Crippen molar-refractivity contribution in [2.45, 2.75) is 20.1 Å². The monoisotopic (exact) mass is 317 g/mol. The summed E-state index contributed by atoms with van der Waals surface area (Å²) in [6.07, 6.45) is 0. The van der Waals surface area contributed by atoms with Crippen molar-refractivity contribution in [1.29, 1.82) is 0 Å². The zero-order chi connectivity index (χ0) is 15.6. The summed E-state index contributed by atoms with van der Waals surface area (Å²) in [7, 11) is 1.78. The van der Waals surface area contributed by atoms with Crippen LogP contribution in [-0.2, 0) is 17.9 Å². The predicted octanol–water partition coefficient (Wildman–Crippen LogP) is 2.94. The van der Waals surface area contributed by atoms with Gasteiger partial charge in [-0.1, -0.05) is 30.3 Å². The number of hydrogen-bond acceptors (Lipinski definition) is 3. The molecule has 2 N–H and O–H groups in total.